The number of alkyl halides is 1. The second-order valence-corrected chi connectivity index (χ2v) is 4.61. The van der Waals surface area contributed by atoms with E-state index in [0.717, 1.165) is 20.7 Å². The van der Waals surface area contributed by atoms with Crippen LogP contribution in [0.1, 0.15) is 5.56 Å². The van der Waals surface area contributed by atoms with Crippen LogP contribution in [0.4, 0.5) is 0 Å². The van der Waals surface area contributed by atoms with Gasteiger partial charge in [-0.2, -0.15) is 0 Å². The van der Waals surface area contributed by atoms with Crippen molar-refractivity contribution in [3.05, 3.63) is 33.1 Å². The summed E-state index contributed by atoms with van der Waals surface area (Å²) in [4.78, 5) is 0. The molecule has 13 heavy (non-hydrogen) atoms. The van der Waals surface area contributed by atoms with Crippen LogP contribution < -0.4 is 0 Å². The van der Waals surface area contributed by atoms with Gasteiger partial charge in [-0.15, -0.1) is 22.9 Å². The maximum absolute atomic E-state index is 6.02. The highest BCUT2D eigenvalue weighted by Crippen LogP contribution is 2.36. The van der Waals surface area contributed by atoms with E-state index in [2.05, 4.69) is 0 Å². The number of hydrogen-bond acceptors (Lipinski definition) is 1. The lowest BCUT2D eigenvalue weighted by Crippen LogP contribution is -1.81. The van der Waals surface area contributed by atoms with Crippen LogP contribution in [0.5, 0.6) is 0 Å². The van der Waals surface area contributed by atoms with Crippen molar-refractivity contribution in [2.75, 3.05) is 0 Å². The summed E-state index contributed by atoms with van der Waals surface area (Å²) < 4.78 is 1.13. The number of fused-ring (bicyclic) bond motifs is 1. The summed E-state index contributed by atoms with van der Waals surface area (Å²) in [6.07, 6.45) is 0. The maximum Gasteiger partial charge on any atom is 0.0595 e. The molecule has 0 fully saturated rings. The van der Waals surface area contributed by atoms with Crippen molar-refractivity contribution in [1.82, 2.24) is 0 Å². The van der Waals surface area contributed by atoms with Gasteiger partial charge < -0.3 is 0 Å². The van der Waals surface area contributed by atoms with Crippen molar-refractivity contribution in [2.24, 2.45) is 0 Å². The third-order valence-electron chi connectivity index (χ3n) is 1.88. The zero-order valence-corrected chi connectivity index (χ0v) is 9.57. The van der Waals surface area contributed by atoms with Crippen LogP contribution in [0, 0.1) is 0 Å². The number of rotatable bonds is 1. The number of hydrogen-bond donors (Lipinski definition) is 0. The Kier molecular flexibility index (Phi) is 2.70. The van der Waals surface area contributed by atoms with E-state index < -0.39 is 0 Å². The summed E-state index contributed by atoms with van der Waals surface area (Å²) >= 11 is 19.4. The van der Waals surface area contributed by atoms with Gasteiger partial charge in [-0.1, -0.05) is 23.2 Å². The quantitative estimate of drug-likeness (QED) is 0.629. The van der Waals surface area contributed by atoms with Gasteiger partial charge in [0.1, 0.15) is 0 Å². The molecule has 0 radical (unpaired) electrons. The topological polar surface area (TPSA) is 0 Å². The molecule has 0 aliphatic heterocycles. The molecule has 0 N–H and O–H groups in total. The molecule has 1 aromatic carbocycles. The molecule has 0 saturated carbocycles. The Bertz CT molecular complexity index is 447. The molecule has 0 spiro atoms. The van der Waals surface area contributed by atoms with E-state index in [1.165, 1.54) is 0 Å². The minimum atomic E-state index is 0.395. The smallest absolute Gasteiger partial charge is 0.0595 e. The Labute approximate surface area is 95.0 Å². The van der Waals surface area contributed by atoms with Gasteiger partial charge >= 0.3 is 0 Å². The molecule has 0 aliphatic rings. The Balaban J connectivity index is 2.88. The van der Waals surface area contributed by atoms with E-state index in [9.17, 15) is 0 Å². The fraction of sp³-hybridized carbons (Fsp3) is 0.111. The minimum Gasteiger partial charge on any atom is -0.142 e. The molecular weight excluding hydrogens is 247 g/mol. The molecule has 2 aromatic rings. The van der Waals surface area contributed by atoms with Crippen molar-refractivity contribution >= 4 is 56.2 Å². The maximum atomic E-state index is 6.02. The van der Waals surface area contributed by atoms with E-state index in [4.69, 9.17) is 34.8 Å². The van der Waals surface area contributed by atoms with Crippen molar-refractivity contribution in [1.29, 1.82) is 0 Å². The van der Waals surface area contributed by atoms with Gasteiger partial charge in [0, 0.05) is 26.4 Å². The average molecular weight is 252 g/mol. The van der Waals surface area contributed by atoms with Crippen LogP contribution in [0.15, 0.2) is 17.5 Å². The van der Waals surface area contributed by atoms with Crippen LogP contribution in [0.2, 0.25) is 10.0 Å². The van der Waals surface area contributed by atoms with Gasteiger partial charge in [-0.05, 0) is 17.7 Å². The van der Waals surface area contributed by atoms with E-state index in [-0.39, 0.29) is 0 Å². The molecule has 0 saturated heterocycles. The SMILES string of the molecule is ClCc1c(Cl)ccc2scc(Cl)c12. The molecule has 0 atom stereocenters. The Hall–Kier alpha value is 0.0500. The van der Waals surface area contributed by atoms with E-state index in [1.807, 2.05) is 17.5 Å². The second kappa shape index (κ2) is 3.66. The number of thiophene rings is 1. The highest BCUT2D eigenvalue weighted by Gasteiger charge is 2.09. The molecule has 1 heterocycles. The van der Waals surface area contributed by atoms with Crippen LogP contribution in [0.25, 0.3) is 10.1 Å². The van der Waals surface area contributed by atoms with Crippen molar-refractivity contribution < 1.29 is 0 Å². The molecule has 0 amide bonds. The largest absolute Gasteiger partial charge is 0.142 e. The van der Waals surface area contributed by atoms with Crippen LogP contribution in [-0.4, -0.2) is 0 Å². The first-order chi connectivity index (χ1) is 6.24. The third kappa shape index (κ3) is 1.55. The highest BCUT2D eigenvalue weighted by atomic mass is 35.5. The summed E-state index contributed by atoms with van der Waals surface area (Å²) in [5, 5.41) is 4.31. The molecule has 4 heteroatoms. The zero-order chi connectivity index (χ0) is 9.42. The third-order valence-corrected chi connectivity index (χ3v) is 3.88. The average Bonchev–Trinajstić information content (AvgIpc) is 2.49. The van der Waals surface area contributed by atoms with Crippen molar-refractivity contribution in [3.8, 4) is 0 Å². The van der Waals surface area contributed by atoms with E-state index >= 15 is 0 Å². The molecule has 0 unspecified atom stereocenters. The number of halogens is 3. The molecule has 2 rings (SSSR count). The predicted molar refractivity (Wildman–Crippen MR) is 61.4 cm³/mol. The van der Waals surface area contributed by atoms with Crippen molar-refractivity contribution in [2.45, 2.75) is 5.88 Å². The molecular formula is C9H5Cl3S. The lowest BCUT2D eigenvalue weighted by molar-refractivity contribution is 1.46. The number of benzene rings is 1. The Morgan fingerprint density at radius 1 is 1.15 bits per heavy atom. The first-order valence-corrected chi connectivity index (χ1v) is 5.81. The molecule has 0 bridgehead atoms. The summed E-state index contributed by atoms with van der Waals surface area (Å²) in [5.41, 5.74) is 0.923. The zero-order valence-electron chi connectivity index (χ0n) is 6.48. The van der Waals surface area contributed by atoms with Crippen LogP contribution >= 0.6 is 46.1 Å². The van der Waals surface area contributed by atoms with Gasteiger partial charge in [0.05, 0.1) is 5.02 Å². The Morgan fingerprint density at radius 3 is 2.62 bits per heavy atom. The summed E-state index contributed by atoms with van der Waals surface area (Å²) in [5.74, 6) is 0.395. The van der Waals surface area contributed by atoms with Gasteiger partial charge in [-0.25, -0.2) is 0 Å². The summed E-state index contributed by atoms with van der Waals surface area (Å²) in [7, 11) is 0. The molecule has 0 nitrogen and oxygen atoms in total. The molecule has 1 aromatic heterocycles. The summed E-state index contributed by atoms with van der Waals surface area (Å²) in [6.45, 7) is 0. The van der Waals surface area contributed by atoms with Gasteiger partial charge in [0.25, 0.3) is 0 Å². The monoisotopic (exact) mass is 250 g/mol. The standard InChI is InChI=1S/C9H5Cl3S/c10-3-5-6(11)1-2-8-9(5)7(12)4-13-8/h1-2,4H,3H2. The lowest BCUT2D eigenvalue weighted by atomic mass is 10.1. The lowest BCUT2D eigenvalue weighted by Gasteiger charge is -2.01. The minimum absolute atomic E-state index is 0.395. The summed E-state index contributed by atoms with van der Waals surface area (Å²) in [6, 6.07) is 3.82. The van der Waals surface area contributed by atoms with Gasteiger partial charge in [0.2, 0.25) is 0 Å². The first kappa shape index (κ1) is 9.60. The normalized spacial score (nSPS) is 11.0. The van der Waals surface area contributed by atoms with Gasteiger partial charge in [-0.3, -0.25) is 0 Å². The van der Waals surface area contributed by atoms with E-state index in [0.29, 0.717) is 10.9 Å². The predicted octanol–water partition coefficient (Wildman–Crippen LogP) is 4.95. The van der Waals surface area contributed by atoms with Crippen molar-refractivity contribution in [3.63, 3.8) is 0 Å². The van der Waals surface area contributed by atoms with Gasteiger partial charge in [0.15, 0.2) is 0 Å². The fourth-order valence-electron chi connectivity index (χ4n) is 1.27. The first-order valence-electron chi connectivity index (χ1n) is 3.64. The Morgan fingerprint density at radius 2 is 1.92 bits per heavy atom. The highest BCUT2D eigenvalue weighted by molar-refractivity contribution is 7.17. The molecule has 68 valence electrons. The second-order valence-electron chi connectivity index (χ2n) is 2.62. The van der Waals surface area contributed by atoms with Crippen LogP contribution in [-0.2, 0) is 5.88 Å². The van der Waals surface area contributed by atoms with Crippen LogP contribution in [0.3, 0.4) is 0 Å². The van der Waals surface area contributed by atoms with E-state index in [1.54, 1.807) is 11.3 Å². The molecule has 0 aliphatic carbocycles. The fourth-order valence-corrected chi connectivity index (χ4v) is 3.09.